The maximum atomic E-state index is 10.9. The molecule has 0 saturated heterocycles. The topological polar surface area (TPSA) is 23.6 Å². The average molecular weight is 400 g/mol. The van der Waals surface area contributed by atoms with Gasteiger partial charge in [-0.15, -0.1) is 46.4 Å². The maximum absolute atomic E-state index is 10.9. The van der Waals surface area contributed by atoms with Crippen LogP contribution in [0.15, 0.2) is 18.2 Å². The number of benzene rings is 1. The van der Waals surface area contributed by atoms with Crippen molar-refractivity contribution in [2.24, 2.45) is 0 Å². The van der Waals surface area contributed by atoms with E-state index in [-0.39, 0.29) is 0 Å². The van der Waals surface area contributed by atoms with E-state index < -0.39 is 0 Å². The number of carbonyl (C=O) groups is 1. The van der Waals surface area contributed by atoms with E-state index in [0.717, 1.165) is 23.2 Å². The van der Waals surface area contributed by atoms with E-state index in [4.69, 9.17) is 46.4 Å². The fourth-order valence-electron chi connectivity index (χ4n) is 2.38. The van der Waals surface area contributed by atoms with Gasteiger partial charge in [0.2, 0.25) is 0 Å². The second kappa shape index (κ2) is 12.1. The Morgan fingerprint density at radius 3 is 1.43 bits per heavy atom. The Morgan fingerprint density at radius 2 is 1.13 bits per heavy atom. The summed E-state index contributed by atoms with van der Waals surface area (Å²) in [6.07, 6.45) is 1.27. The molecule has 23 heavy (non-hydrogen) atoms. The predicted molar refractivity (Wildman–Crippen MR) is 104 cm³/mol. The van der Waals surface area contributed by atoms with E-state index in [1.807, 2.05) is 12.1 Å². The molecule has 7 heteroatoms. The van der Waals surface area contributed by atoms with Crippen LogP contribution in [0, 0.1) is 0 Å². The molecule has 0 N–H and O–H groups in total. The Morgan fingerprint density at radius 1 is 0.739 bits per heavy atom. The molecule has 0 aliphatic heterocycles. The summed E-state index contributed by atoms with van der Waals surface area (Å²) in [5.74, 6) is 2.04. The molecule has 130 valence electrons. The first kappa shape index (κ1) is 20.7. The zero-order valence-corrected chi connectivity index (χ0v) is 16.0. The van der Waals surface area contributed by atoms with Gasteiger partial charge in [0.15, 0.2) is 0 Å². The van der Waals surface area contributed by atoms with Crippen molar-refractivity contribution in [2.45, 2.75) is 6.42 Å². The predicted octanol–water partition coefficient (Wildman–Crippen LogP) is 4.00. The zero-order valence-electron chi connectivity index (χ0n) is 13.0. The van der Waals surface area contributed by atoms with E-state index in [2.05, 4.69) is 15.9 Å². The summed E-state index contributed by atoms with van der Waals surface area (Å²) >= 11 is 23.6. The van der Waals surface area contributed by atoms with E-state index in [0.29, 0.717) is 56.1 Å². The lowest BCUT2D eigenvalue weighted by atomic mass is 10.1. The van der Waals surface area contributed by atoms with Gasteiger partial charge in [-0.2, -0.15) is 0 Å². The lowest BCUT2D eigenvalue weighted by Crippen LogP contribution is -2.30. The van der Waals surface area contributed by atoms with Gasteiger partial charge in [-0.3, -0.25) is 0 Å². The molecule has 0 aromatic heterocycles. The fourth-order valence-corrected chi connectivity index (χ4v) is 3.20. The number of aldehydes is 1. The average Bonchev–Trinajstić information content (AvgIpc) is 2.54. The smallest absolute Gasteiger partial charge is 0.124 e. The summed E-state index contributed by atoms with van der Waals surface area (Å²) in [5.41, 5.74) is 2.97. The molecule has 0 saturated carbocycles. The normalized spacial score (nSPS) is 10.6. The quantitative estimate of drug-likeness (QED) is 0.392. The molecule has 1 aromatic rings. The number of alkyl halides is 4. The lowest BCUT2D eigenvalue weighted by Gasteiger charge is -2.28. The van der Waals surface area contributed by atoms with Crippen molar-refractivity contribution in [1.82, 2.24) is 0 Å². The minimum atomic E-state index is 0.367. The van der Waals surface area contributed by atoms with Crippen LogP contribution in [0.4, 0.5) is 11.4 Å². The number of nitrogens with zero attached hydrogens (tertiary/aromatic N) is 2. The van der Waals surface area contributed by atoms with Crippen LogP contribution in [0.2, 0.25) is 0 Å². The molecule has 0 heterocycles. The number of halogens is 4. The van der Waals surface area contributed by atoms with Crippen LogP contribution in [0.1, 0.15) is 5.56 Å². The number of carbonyl (C=O) groups excluding carboxylic acids is 1. The highest BCUT2D eigenvalue weighted by Gasteiger charge is 2.12. The van der Waals surface area contributed by atoms with Crippen molar-refractivity contribution >= 4 is 64.1 Å². The van der Waals surface area contributed by atoms with Gasteiger partial charge in [0.1, 0.15) is 6.29 Å². The Labute approximate surface area is 158 Å². The second-order valence-electron chi connectivity index (χ2n) is 4.96. The van der Waals surface area contributed by atoms with Crippen LogP contribution < -0.4 is 9.80 Å². The van der Waals surface area contributed by atoms with Crippen LogP contribution in [0.25, 0.3) is 0 Å². The van der Waals surface area contributed by atoms with Gasteiger partial charge in [0.25, 0.3) is 0 Å². The first-order valence-corrected chi connectivity index (χ1v) is 9.65. The molecule has 0 atom stereocenters. The third-order valence-corrected chi connectivity index (χ3v) is 4.11. The maximum Gasteiger partial charge on any atom is 0.124 e. The highest BCUT2D eigenvalue weighted by molar-refractivity contribution is 6.19. The van der Waals surface area contributed by atoms with Crippen molar-refractivity contribution in [1.29, 1.82) is 0 Å². The molecule has 0 bridgehead atoms. The molecule has 1 aromatic carbocycles. The van der Waals surface area contributed by atoms with Crippen LogP contribution in [-0.4, -0.2) is 56.0 Å². The molecule has 0 spiro atoms. The zero-order chi connectivity index (χ0) is 17.1. The number of hydrogen-bond donors (Lipinski definition) is 0. The standard InChI is InChI=1S/C16H22Cl4N2O/c17-2-6-21(7-3-18)15-11-14(1-10-23)12-16(13-15)22(8-4-19)9-5-20/h10-13H,1-9H2. The van der Waals surface area contributed by atoms with Crippen LogP contribution in [0.3, 0.4) is 0 Å². The molecule has 0 fully saturated rings. The second-order valence-corrected chi connectivity index (χ2v) is 6.47. The van der Waals surface area contributed by atoms with Crippen LogP contribution in [-0.2, 0) is 11.2 Å². The Balaban J connectivity index is 3.20. The van der Waals surface area contributed by atoms with E-state index in [1.54, 1.807) is 0 Å². The van der Waals surface area contributed by atoms with Crippen molar-refractivity contribution in [3.8, 4) is 0 Å². The lowest BCUT2D eigenvalue weighted by molar-refractivity contribution is -0.107. The third kappa shape index (κ3) is 6.96. The number of anilines is 2. The van der Waals surface area contributed by atoms with Crippen LogP contribution >= 0.6 is 46.4 Å². The van der Waals surface area contributed by atoms with Gasteiger partial charge in [0.05, 0.1) is 0 Å². The van der Waals surface area contributed by atoms with Crippen molar-refractivity contribution < 1.29 is 4.79 Å². The monoisotopic (exact) mass is 398 g/mol. The first-order chi connectivity index (χ1) is 11.2. The summed E-state index contributed by atoms with van der Waals surface area (Å²) < 4.78 is 0. The molecule has 0 unspecified atom stereocenters. The Bertz CT molecular complexity index is 427. The first-order valence-electron chi connectivity index (χ1n) is 7.51. The number of hydrogen-bond acceptors (Lipinski definition) is 3. The molecule has 0 radical (unpaired) electrons. The van der Waals surface area contributed by atoms with E-state index in [1.165, 1.54) is 0 Å². The Kier molecular flexibility index (Phi) is 10.9. The summed E-state index contributed by atoms with van der Waals surface area (Å²) in [4.78, 5) is 15.2. The van der Waals surface area contributed by atoms with Crippen molar-refractivity contribution in [2.75, 3.05) is 59.5 Å². The summed E-state index contributed by atoms with van der Waals surface area (Å²) in [6, 6.07) is 6.10. The third-order valence-electron chi connectivity index (χ3n) is 3.43. The fraction of sp³-hybridized carbons (Fsp3) is 0.562. The summed E-state index contributed by atoms with van der Waals surface area (Å²) in [5, 5.41) is 0. The SMILES string of the molecule is O=CCc1cc(N(CCCl)CCCl)cc(N(CCCl)CCCl)c1. The molecule has 0 aliphatic carbocycles. The summed E-state index contributed by atoms with van der Waals surface area (Å²) in [7, 11) is 0. The van der Waals surface area contributed by atoms with Gasteiger partial charge in [-0.1, -0.05) is 0 Å². The van der Waals surface area contributed by atoms with E-state index in [9.17, 15) is 4.79 Å². The molecule has 3 nitrogen and oxygen atoms in total. The highest BCUT2D eigenvalue weighted by atomic mass is 35.5. The van der Waals surface area contributed by atoms with Crippen LogP contribution in [0.5, 0.6) is 0 Å². The van der Waals surface area contributed by atoms with Gasteiger partial charge < -0.3 is 14.6 Å². The van der Waals surface area contributed by atoms with E-state index >= 15 is 0 Å². The molecular weight excluding hydrogens is 378 g/mol. The largest absolute Gasteiger partial charge is 0.369 e. The molecule has 0 aliphatic rings. The van der Waals surface area contributed by atoms with Gasteiger partial charge >= 0.3 is 0 Å². The molecule has 1 rings (SSSR count). The van der Waals surface area contributed by atoms with Gasteiger partial charge in [-0.25, -0.2) is 0 Å². The number of rotatable bonds is 12. The minimum absolute atomic E-state index is 0.367. The van der Waals surface area contributed by atoms with Crippen molar-refractivity contribution in [3.63, 3.8) is 0 Å². The Hall–Kier alpha value is -0.350. The summed E-state index contributed by atoms with van der Waals surface area (Å²) in [6.45, 7) is 2.79. The molecular formula is C16H22Cl4N2O. The van der Waals surface area contributed by atoms with Gasteiger partial charge in [0, 0.05) is 67.5 Å². The minimum Gasteiger partial charge on any atom is -0.369 e. The molecule has 0 amide bonds. The van der Waals surface area contributed by atoms with Crippen molar-refractivity contribution in [3.05, 3.63) is 23.8 Å². The van der Waals surface area contributed by atoms with Gasteiger partial charge in [-0.05, 0) is 23.8 Å². The highest BCUT2D eigenvalue weighted by Crippen LogP contribution is 2.26.